The molecule has 0 saturated carbocycles. The molecule has 116 valence electrons. The first kappa shape index (κ1) is 16.8. The van der Waals surface area contributed by atoms with Gasteiger partial charge in [-0.3, -0.25) is 4.79 Å². The number of nitrogens with two attached hydrogens (primary N) is 1. The van der Waals surface area contributed by atoms with Gasteiger partial charge in [0, 0.05) is 26.2 Å². The van der Waals surface area contributed by atoms with E-state index in [9.17, 15) is 9.59 Å². The zero-order valence-corrected chi connectivity index (χ0v) is 13.0. The minimum atomic E-state index is -0.509. The van der Waals surface area contributed by atoms with Crippen LogP contribution in [0.1, 0.15) is 40.0 Å². The molecule has 1 saturated heterocycles. The Labute approximate surface area is 121 Å². The van der Waals surface area contributed by atoms with Crippen molar-refractivity contribution in [1.82, 2.24) is 9.80 Å². The molecule has 0 aromatic heterocycles. The van der Waals surface area contributed by atoms with Gasteiger partial charge >= 0.3 is 6.09 Å². The Morgan fingerprint density at radius 3 is 2.55 bits per heavy atom. The van der Waals surface area contributed by atoms with Crippen LogP contribution >= 0.6 is 0 Å². The number of hydrogen-bond donors (Lipinski definition) is 1. The number of carbonyl (C=O) groups is 2. The fourth-order valence-corrected chi connectivity index (χ4v) is 2.37. The molecule has 1 fully saturated rings. The average molecular weight is 285 g/mol. The van der Waals surface area contributed by atoms with Gasteiger partial charge in [0.05, 0.1) is 6.54 Å². The van der Waals surface area contributed by atoms with Crippen LogP contribution in [-0.2, 0) is 9.53 Å². The number of rotatable bonds is 3. The molecule has 1 atom stereocenters. The molecule has 0 bridgehead atoms. The quantitative estimate of drug-likeness (QED) is 0.845. The highest BCUT2D eigenvalue weighted by molar-refractivity contribution is 5.78. The lowest BCUT2D eigenvalue weighted by atomic mass is 10.0. The van der Waals surface area contributed by atoms with Gasteiger partial charge in [0.1, 0.15) is 5.60 Å². The van der Waals surface area contributed by atoms with Crippen molar-refractivity contribution in [3.05, 3.63) is 0 Å². The van der Waals surface area contributed by atoms with Crippen molar-refractivity contribution in [1.29, 1.82) is 0 Å². The molecule has 1 rings (SSSR count). The summed E-state index contributed by atoms with van der Waals surface area (Å²) < 4.78 is 5.32. The summed E-state index contributed by atoms with van der Waals surface area (Å²) >= 11 is 0. The first-order valence-corrected chi connectivity index (χ1v) is 7.18. The summed E-state index contributed by atoms with van der Waals surface area (Å²) in [7, 11) is 1.70. The molecule has 0 spiro atoms. The molecule has 0 unspecified atom stereocenters. The van der Waals surface area contributed by atoms with Crippen LogP contribution in [0.15, 0.2) is 0 Å². The summed E-state index contributed by atoms with van der Waals surface area (Å²) in [6.45, 7) is 6.74. The van der Waals surface area contributed by atoms with Gasteiger partial charge in [0.25, 0.3) is 0 Å². The summed E-state index contributed by atoms with van der Waals surface area (Å²) in [5, 5.41) is 0. The van der Waals surface area contributed by atoms with Gasteiger partial charge in [-0.2, -0.15) is 0 Å². The Bertz CT molecular complexity index is 352. The highest BCUT2D eigenvalue weighted by Gasteiger charge is 2.29. The van der Waals surface area contributed by atoms with E-state index in [2.05, 4.69) is 0 Å². The molecular weight excluding hydrogens is 258 g/mol. The van der Waals surface area contributed by atoms with E-state index in [1.807, 2.05) is 20.8 Å². The van der Waals surface area contributed by atoms with Gasteiger partial charge in [-0.25, -0.2) is 4.79 Å². The molecule has 2 amide bonds. The van der Waals surface area contributed by atoms with Gasteiger partial charge in [-0.1, -0.05) is 0 Å². The standard InChI is InChI=1S/C14H27N3O3/c1-14(2,3)20-13(19)16(4)10-11-7-5-6-8-17(11)12(18)9-15/h11H,5-10,15H2,1-4H3/t11-/m1/s1. The average Bonchev–Trinajstić information content (AvgIpc) is 2.36. The summed E-state index contributed by atoms with van der Waals surface area (Å²) in [6.07, 6.45) is 2.61. The van der Waals surface area contributed by atoms with Crippen molar-refractivity contribution in [3.8, 4) is 0 Å². The second-order valence-electron chi connectivity index (χ2n) is 6.30. The molecule has 1 aliphatic rings. The lowest BCUT2D eigenvalue weighted by molar-refractivity contribution is -0.133. The maximum absolute atomic E-state index is 12.0. The van der Waals surface area contributed by atoms with Gasteiger partial charge in [0.15, 0.2) is 0 Å². The number of piperidine rings is 1. The minimum absolute atomic E-state index is 0.0205. The van der Waals surface area contributed by atoms with Crippen molar-refractivity contribution in [2.24, 2.45) is 5.73 Å². The van der Waals surface area contributed by atoms with E-state index in [0.717, 1.165) is 25.8 Å². The first-order chi connectivity index (χ1) is 9.24. The molecule has 1 heterocycles. The third-order valence-corrected chi connectivity index (χ3v) is 3.31. The number of ether oxygens (including phenoxy) is 1. The molecule has 2 N–H and O–H groups in total. The van der Waals surface area contributed by atoms with Gasteiger partial charge in [0.2, 0.25) is 5.91 Å². The highest BCUT2D eigenvalue weighted by atomic mass is 16.6. The number of carbonyl (C=O) groups excluding carboxylic acids is 2. The van der Waals surface area contributed by atoms with E-state index < -0.39 is 5.60 Å². The molecule has 1 aliphatic heterocycles. The number of amides is 2. The van der Waals surface area contributed by atoms with E-state index in [0.29, 0.717) is 6.54 Å². The number of hydrogen-bond acceptors (Lipinski definition) is 4. The van der Waals surface area contributed by atoms with Crippen LogP contribution in [-0.4, -0.2) is 60.1 Å². The second-order valence-corrected chi connectivity index (χ2v) is 6.30. The predicted octanol–water partition coefficient (Wildman–Crippen LogP) is 1.19. The first-order valence-electron chi connectivity index (χ1n) is 7.18. The summed E-state index contributed by atoms with van der Waals surface area (Å²) in [5.74, 6) is -0.0488. The van der Waals surface area contributed by atoms with Crippen molar-refractivity contribution >= 4 is 12.0 Å². The number of nitrogens with zero attached hydrogens (tertiary/aromatic N) is 2. The maximum Gasteiger partial charge on any atom is 0.410 e. The van der Waals surface area contributed by atoms with E-state index in [1.54, 1.807) is 11.9 Å². The topological polar surface area (TPSA) is 75.9 Å². The van der Waals surface area contributed by atoms with Crippen LogP contribution in [0.4, 0.5) is 4.79 Å². The fraction of sp³-hybridized carbons (Fsp3) is 0.857. The third-order valence-electron chi connectivity index (χ3n) is 3.31. The van der Waals surface area contributed by atoms with Crippen LogP contribution in [0, 0.1) is 0 Å². The third kappa shape index (κ3) is 5.00. The summed E-state index contributed by atoms with van der Waals surface area (Å²) in [6, 6.07) is 0.0392. The Balaban J connectivity index is 2.60. The maximum atomic E-state index is 12.0. The molecule has 0 radical (unpaired) electrons. The van der Waals surface area contributed by atoms with Gasteiger partial charge in [-0.05, 0) is 40.0 Å². The number of likely N-dealkylation sites (N-methyl/N-ethyl adjacent to an activating group) is 1. The van der Waals surface area contributed by atoms with Crippen LogP contribution in [0.2, 0.25) is 0 Å². The van der Waals surface area contributed by atoms with Crippen LogP contribution in [0.25, 0.3) is 0 Å². The van der Waals surface area contributed by atoms with Crippen molar-refractivity contribution in [2.45, 2.75) is 51.7 Å². The van der Waals surface area contributed by atoms with E-state index in [1.165, 1.54) is 4.90 Å². The summed E-state index contributed by atoms with van der Waals surface area (Å²) in [5.41, 5.74) is 4.93. The lowest BCUT2D eigenvalue weighted by Crippen LogP contribution is -2.51. The Kier molecular flexibility index (Phi) is 5.80. The normalized spacial score (nSPS) is 19.6. The lowest BCUT2D eigenvalue weighted by Gasteiger charge is -2.38. The van der Waals surface area contributed by atoms with E-state index in [-0.39, 0.29) is 24.6 Å². The van der Waals surface area contributed by atoms with Gasteiger partial charge < -0.3 is 20.3 Å². The van der Waals surface area contributed by atoms with E-state index in [4.69, 9.17) is 10.5 Å². The second kappa shape index (κ2) is 6.92. The molecule has 0 aromatic carbocycles. The van der Waals surface area contributed by atoms with Crippen LogP contribution in [0.5, 0.6) is 0 Å². The van der Waals surface area contributed by atoms with Gasteiger partial charge in [-0.15, -0.1) is 0 Å². The molecule has 20 heavy (non-hydrogen) atoms. The molecular formula is C14H27N3O3. The zero-order chi connectivity index (χ0) is 15.3. The monoisotopic (exact) mass is 285 g/mol. The van der Waals surface area contributed by atoms with Crippen molar-refractivity contribution < 1.29 is 14.3 Å². The predicted molar refractivity (Wildman–Crippen MR) is 77.3 cm³/mol. The molecule has 0 aromatic rings. The van der Waals surface area contributed by atoms with Crippen molar-refractivity contribution in [3.63, 3.8) is 0 Å². The van der Waals surface area contributed by atoms with Crippen LogP contribution in [0.3, 0.4) is 0 Å². The Hall–Kier alpha value is -1.30. The largest absolute Gasteiger partial charge is 0.444 e. The van der Waals surface area contributed by atoms with E-state index >= 15 is 0 Å². The highest BCUT2D eigenvalue weighted by Crippen LogP contribution is 2.18. The Morgan fingerprint density at radius 1 is 1.35 bits per heavy atom. The molecule has 6 heteroatoms. The zero-order valence-electron chi connectivity index (χ0n) is 13.0. The minimum Gasteiger partial charge on any atom is -0.444 e. The van der Waals surface area contributed by atoms with Crippen LogP contribution < -0.4 is 5.73 Å². The summed E-state index contributed by atoms with van der Waals surface area (Å²) in [4.78, 5) is 27.1. The SMILES string of the molecule is CN(C[C@H]1CCCCN1C(=O)CN)C(=O)OC(C)(C)C. The molecule has 0 aliphatic carbocycles. The Morgan fingerprint density at radius 2 is 2.00 bits per heavy atom. The van der Waals surface area contributed by atoms with Crippen molar-refractivity contribution in [2.75, 3.05) is 26.7 Å². The molecule has 6 nitrogen and oxygen atoms in total. The smallest absolute Gasteiger partial charge is 0.410 e. The fourth-order valence-electron chi connectivity index (χ4n) is 2.37. The number of likely N-dealkylation sites (tertiary alicyclic amines) is 1.